The number of nitrogens with zero attached hydrogens (tertiary/aromatic N) is 1. The molecule has 2 aliphatic rings. The molecule has 1 aliphatic heterocycles. The largest absolute Gasteiger partial charge is 0.394 e. The minimum absolute atomic E-state index is 0.00727. The molecule has 1 amide bonds. The molecule has 0 spiro atoms. The Hall–Kier alpha value is -1.13. The summed E-state index contributed by atoms with van der Waals surface area (Å²) in [4.78, 5) is 16.4. The Kier molecular flexibility index (Phi) is 3.22. The molecular weight excluding hydrogens is 246 g/mol. The number of amides is 1. The normalized spacial score (nSPS) is 22.3. The van der Waals surface area contributed by atoms with Gasteiger partial charge in [0.05, 0.1) is 17.5 Å². The van der Waals surface area contributed by atoms with E-state index < -0.39 is 0 Å². The van der Waals surface area contributed by atoms with Crippen molar-refractivity contribution in [3.05, 3.63) is 33.5 Å². The van der Waals surface area contributed by atoms with Crippen molar-refractivity contribution in [2.45, 2.75) is 31.7 Å². The van der Waals surface area contributed by atoms with Gasteiger partial charge in [-0.15, -0.1) is 11.3 Å². The number of aryl methyl sites for hydroxylation is 2. The van der Waals surface area contributed by atoms with Crippen LogP contribution in [0.25, 0.3) is 0 Å². The lowest BCUT2D eigenvalue weighted by Crippen LogP contribution is -2.37. The van der Waals surface area contributed by atoms with E-state index in [0.717, 1.165) is 17.7 Å². The second-order valence-electron chi connectivity index (χ2n) is 4.90. The van der Waals surface area contributed by atoms with E-state index in [1.165, 1.54) is 23.3 Å². The van der Waals surface area contributed by atoms with E-state index in [4.69, 9.17) is 0 Å². The van der Waals surface area contributed by atoms with Crippen LogP contribution in [0.2, 0.25) is 0 Å². The quantitative estimate of drug-likeness (QED) is 0.829. The molecule has 0 bridgehead atoms. The number of carbonyl (C=O) groups excluding carboxylic acids is 1. The molecule has 1 N–H and O–H groups in total. The van der Waals surface area contributed by atoms with Crippen LogP contribution in [0, 0.1) is 0 Å². The van der Waals surface area contributed by atoms with Gasteiger partial charge >= 0.3 is 0 Å². The van der Waals surface area contributed by atoms with Gasteiger partial charge in [0.15, 0.2) is 0 Å². The van der Waals surface area contributed by atoms with Gasteiger partial charge in [-0.3, -0.25) is 4.79 Å². The molecule has 0 radical (unpaired) electrons. The highest BCUT2D eigenvalue weighted by atomic mass is 32.1. The first-order chi connectivity index (χ1) is 8.79. The van der Waals surface area contributed by atoms with Crippen molar-refractivity contribution in [2.24, 2.45) is 0 Å². The molecule has 3 nitrogen and oxygen atoms in total. The zero-order valence-corrected chi connectivity index (χ0v) is 11.1. The molecule has 1 aromatic rings. The first kappa shape index (κ1) is 11.9. The van der Waals surface area contributed by atoms with Gasteiger partial charge in [-0.2, -0.15) is 0 Å². The van der Waals surface area contributed by atoms with Gasteiger partial charge < -0.3 is 10.0 Å². The number of fused-ring (bicyclic) bond motifs is 1. The Morgan fingerprint density at radius 3 is 3.06 bits per heavy atom. The number of rotatable bonds is 2. The molecule has 0 saturated carbocycles. The van der Waals surface area contributed by atoms with Gasteiger partial charge in [0.25, 0.3) is 5.91 Å². The van der Waals surface area contributed by atoms with E-state index in [2.05, 4.69) is 6.07 Å². The molecule has 1 aromatic heterocycles. The minimum atomic E-state index is -0.142. The third kappa shape index (κ3) is 1.99. The number of aliphatic hydroxyl groups excluding tert-OH is 1. The summed E-state index contributed by atoms with van der Waals surface area (Å²) in [6.07, 6.45) is 8.57. The van der Waals surface area contributed by atoms with Crippen molar-refractivity contribution in [1.82, 2.24) is 4.90 Å². The fraction of sp³-hybridized carbons (Fsp3) is 0.500. The van der Waals surface area contributed by atoms with Crippen LogP contribution in [-0.4, -0.2) is 35.1 Å². The van der Waals surface area contributed by atoms with Crippen LogP contribution in [0.5, 0.6) is 0 Å². The number of hydrogen-bond acceptors (Lipinski definition) is 3. The second kappa shape index (κ2) is 4.86. The number of hydrogen-bond donors (Lipinski definition) is 1. The van der Waals surface area contributed by atoms with Crippen LogP contribution < -0.4 is 0 Å². The second-order valence-corrected chi connectivity index (χ2v) is 6.04. The smallest absolute Gasteiger partial charge is 0.264 e. The maximum atomic E-state index is 12.4. The summed E-state index contributed by atoms with van der Waals surface area (Å²) in [6, 6.07) is 1.92. The van der Waals surface area contributed by atoms with Gasteiger partial charge in [0.1, 0.15) is 0 Å². The van der Waals surface area contributed by atoms with Crippen molar-refractivity contribution in [2.75, 3.05) is 13.2 Å². The van der Waals surface area contributed by atoms with Crippen molar-refractivity contribution in [3.8, 4) is 0 Å². The van der Waals surface area contributed by atoms with Gasteiger partial charge in [-0.1, -0.05) is 12.2 Å². The third-order valence-electron chi connectivity index (χ3n) is 3.72. The summed E-state index contributed by atoms with van der Waals surface area (Å²) in [5.41, 5.74) is 1.36. The molecule has 0 unspecified atom stereocenters. The van der Waals surface area contributed by atoms with E-state index in [9.17, 15) is 9.90 Å². The van der Waals surface area contributed by atoms with Crippen molar-refractivity contribution in [1.29, 1.82) is 0 Å². The standard InChI is InChI=1S/C14H17NO2S/c16-9-11-5-3-7-15(11)14(17)13-8-10-4-1-2-6-12(10)18-13/h3,5,8,11,16H,1-2,4,6-7,9H2/t11-/m1/s1. The maximum absolute atomic E-state index is 12.4. The highest BCUT2D eigenvalue weighted by molar-refractivity contribution is 7.14. The topological polar surface area (TPSA) is 40.5 Å². The molecule has 2 heterocycles. The lowest BCUT2D eigenvalue weighted by molar-refractivity contribution is 0.0705. The maximum Gasteiger partial charge on any atom is 0.264 e. The molecule has 18 heavy (non-hydrogen) atoms. The Morgan fingerprint density at radius 2 is 2.28 bits per heavy atom. The molecule has 3 rings (SSSR count). The van der Waals surface area contributed by atoms with Crippen LogP contribution in [0.1, 0.15) is 33.0 Å². The molecule has 4 heteroatoms. The van der Waals surface area contributed by atoms with Crippen LogP contribution in [0.15, 0.2) is 18.2 Å². The Morgan fingerprint density at radius 1 is 1.44 bits per heavy atom. The van der Waals surface area contributed by atoms with Crippen LogP contribution >= 0.6 is 11.3 Å². The van der Waals surface area contributed by atoms with Crippen molar-refractivity contribution < 1.29 is 9.90 Å². The fourth-order valence-electron chi connectivity index (χ4n) is 2.70. The lowest BCUT2D eigenvalue weighted by atomic mass is 9.99. The first-order valence-corrected chi connectivity index (χ1v) is 7.31. The van der Waals surface area contributed by atoms with Crippen molar-refractivity contribution in [3.63, 3.8) is 0 Å². The van der Waals surface area contributed by atoms with Gasteiger partial charge in [0.2, 0.25) is 0 Å². The summed E-state index contributed by atoms with van der Waals surface area (Å²) in [5.74, 6) is 0.0680. The SMILES string of the molecule is O=C(c1cc2c(s1)CCCC2)N1CC=C[C@@H]1CO. The molecule has 0 fully saturated rings. The molecule has 96 valence electrons. The summed E-state index contributed by atoms with van der Waals surface area (Å²) in [6.45, 7) is 0.625. The highest BCUT2D eigenvalue weighted by Crippen LogP contribution is 2.31. The Bertz CT molecular complexity index is 468. The van der Waals surface area contributed by atoms with Gasteiger partial charge in [-0.05, 0) is 37.3 Å². The lowest BCUT2D eigenvalue weighted by Gasteiger charge is -2.22. The minimum Gasteiger partial charge on any atom is -0.394 e. The third-order valence-corrected chi connectivity index (χ3v) is 4.94. The van der Waals surface area contributed by atoms with Crippen LogP contribution in [0.3, 0.4) is 0 Å². The number of carbonyl (C=O) groups is 1. The van der Waals surface area contributed by atoms with E-state index >= 15 is 0 Å². The number of thiophene rings is 1. The van der Waals surface area contributed by atoms with E-state index in [-0.39, 0.29) is 18.6 Å². The summed E-state index contributed by atoms with van der Waals surface area (Å²) >= 11 is 1.64. The molecule has 0 aromatic carbocycles. The molecule has 1 aliphatic carbocycles. The molecule has 0 saturated heterocycles. The van der Waals surface area contributed by atoms with Crippen LogP contribution in [-0.2, 0) is 12.8 Å². The highest BCUT2D eigenvalue weighted by Gasteiger charge is 2.27. The first-order valence-electron chi connectivity index (χ1n) is 6.49. The zero-order chi connectivity index (χ0) is 12.5. The monoisotopic (exact) mass is 263 g/mol. The van der Waals surface area contributed by atoms with E-state index in [0.29, 0.717) is 6.54 Å². The summed E-state index contributed by atoms with van der Waals surface area (Å²) < 4.78 is 0. The summed E-state index contributed by atoms with van der Waals surface area (Å²) in [7, 11) is 0. The number of aliphatic hydroxyl groups is 1. The van der Waals surface area contributed by atoms with Gasteiger partial charge in [-0.25, -0.2) is 0 Å². The molecular formula is C14H17NO2S. The Labute approximate surface area is 111 Å². The predicted octanol–water partition coefficient (Wildman–Crippen LogP) is 2.00. The van der Waals surface area contributed by atoms with Gasteiger partial charge in [0, 0.05) is 11.4 Å². The Balaban J connectivity index is 1.82. The van der Waals surface area contributed by atoms with Crippen molar-refractivity contribution >= 4 is 17.2 Å². The predicted molar refractivity (Wildman–Crippen MR) is 72.0 cm³/mol. The average Bonchev–Trinajstić information content (AvgIpc) is 3.03. The zero-order valence-electron chi connectivity index (χ0n) is 10.3. The summed E-state index contributed by atoms with van der Waals surface area (Å²) in [5, 5.41) is 9.25. The van der Waals surface area contributed by atoms with Crippen LogP contribution in [0.4, 0.5) is 0 Å². The molecule has 1 atom stereocenters. The van der Waals surface area contributed by atoms with E-state index in [1.807, 2.05) is 12.2 Å². The fourth-order valence-corrected chi connectivity index (χ4v) is 3.91. The van der Waals surface area contributed by atoms with E-state index in [1.54, 1.807) is 16.2 Å². The average molecular weight is 263 g/mol.